The zero-order valence-electron chi connectivity index (χ0n) is 23.3. The highest BCUT2D eigenvalue weighted by atomic mass is 16.6. The van der Waals surface area contributed by atoms with E-state index in [0.717, 1.165) is 49.8 Å². The monoisotopic (exact) mass is 524 g/mol. The van der Waals surface area contributed by atoms with Crippen LogP contribution in [0.4, 0.5) is 27.9 Å². The number of nitrogens with two attached hydrogens (primary N) is 1. The highest BCUT2D eigenvalue weighted by molar-refractivity contribution is 5.84. The number of piperazine rings is 1. The van der Waals surface area contributed by atoms with Crippen molar-refractivity contribution in [1.29, 1.82) is 5.41 Å². The highest BCUT2D eigenvalue weighted by Crippen LogP contribution is 2.25. The van der Waals surface area contributed by atoms with E-state index in [9.17, 15) is 4.79 Å². The van der Waals surface area contributed by atoms with Crippen molar-refractivity contribution in [3.8, 4) is 0 Å². The van der Waals surface area contributed by atoms with E-state index in [1.54, 1.807) is 27.0 Å². The lowest BCUT2D eigenvalue weighted by molar-refractivity contribution is 0.0600. The Balaban J connectivity index is 0.000000436. The second-order valence-electron chi connectivity index (χ2n) is 11.0. The number of hydrogen-bond donors (Lipinski definition) is 4. The minimum atomic E-state index is -0.725. The van der Waals surface area contributed by atoms with Crippen LogP contribution in [0.1, 0.15) is 58.4 Å². The van der Waals surface area contributed by atoms with Crippen LogP contribution >= 0.6 is 0 Å². The lowest BCUT2D eigenvalue weighted by Gasteiger charge is -2.34. The Bertz CT molecular complexity index is 1020. The Morgan fingerprint density at radius 3 is 2.34 bits per heavy atom. The Kier molecular flexibility index (Phi) is 10.7. The van der Waals surface area contributed by atoms with Crippen LogP contribution in [0.2, 0.25) is 0 Å². The fraction of sp³-hybridized carbons (Fsp3) is 0.571. The lowest BCUT2D eigenvalue weighted by Crippen LogP contribution is -2.44. The second kappa shape index (κ2) is 13.9. The van der Waals surface area contributed by atoms with Crippen LogP contribution in [0.5, 0.6) is 0 Å². The minimum absolute atomic E-state index is 0.453. The summed E-state index contributed by atoms with van der Waals surface area (Å²) < 4.78 is 4.58. The van der Waals surface area contributed by atoms with Crippen molar-refractivity contribution in [2.24, 2.45) is 11.7 Å². The first-order chi connectivity index (χ1) is 18.1. The summed E-state index contributed by atoms with van der Waals surface area (Å²) in [6.45, 7) is 10.5. The molecule has 1 amide bonds. The molecule has 0 bridgehead atoms. The van der Waals surface area contributed by atoms with E-state index in [1.165, 1.54) is 44.0 Å². The molecular formula is C28H44N8O2. The summed E-state index contributed by atoms with van der Waals surface area (Å²) in [6, 6.07) is 8.47. The molecule has 0 spiro atoms. The normalized spacial score (nSPS) is 16.7. The third-order valence-corrected chi connectivity index (χ3v) is 6.65. The van der Waals surface area contributed by atoms with Crippen molar-refractivity contribution >= 4 is 35.4 Å². The summed E-state index contributed by atoms with van der Waals surface area (Å²) in [7, 11) is 2.17. The number of benzene rings is 1. The number of carbonyl (C=O) groups excluding carboxylic acids is 1. The van der Waals surface area contributed by atoms with Crippen molar-refractivity contribution in [2.45, 2.75) is 58.5 Å². The molecule has 4 rings (SSSR count). The van der Waals surface area contributed by atoms with Gasteiger partial charge in [-0.05, 0) is 70.8 Å². The molecule has 0 atom stereocenters. The number of aromatic nitrogens is 2. The van der Waals surface area contributed by atoms with Crippen LogP contribution in [0.15, 0.2) is 30.5 Å². The third-order valence-electron chi connectivity index (χ3n) is 6.65. The molecule has 2 heterocycles. The first-order valence-corrected chi connectivity index (χ1v) is 13.5. The molecule has 2 fully saturated rings. The molecule has 208 valence electrons. The van der Waals surface area contributed by atoms with Gasteiger partial charge in [-0.2, -0.15) is 4.98 Å². The molecule has 1 saturated carbocycles. The predicted octanol–water partition coefficient (Wildman–Crippen LogP) is 4.84. The number of primary amides is 1. The molecule has 0 radical (unpaired) electrons. The van der Waals surface area contributed by atoms with Gasteiger partial charge in [0.15, 0.2) is 0 Å². The molecule has 38 heavy (non-hydrogen) atoms. The maximum atomic E-state index is 10.0. The van der Waals surface area contributed by atoms with Gasteiger partial charge in [-0.3, -0.25) is 0 Å². The molecule has 10 nitrogen and oxygen atoms in total. The van der Waals surface area contributed by atoms with Crippen molar-refractivity contribution < 1.29 is 9.53 Å². The number of nitrogens with one attached hydrogen (secondary N) is 3. The van der Waals surface area contributed by atoms with E-state index >= 15 is 0 Å². The maximum Gasteiger partial charge on any atom is 0.405 e. The van der Waals surface area contributed by atoms with Gasteiger partial charge < -0.3 is 36.3 Å². The Morgan fingerprint density at radius 1 is 1.13 bits per heavy atom. The quantitative estimate of drug-likeness (QED) is 0.378. The molecule has 1 aromatic carbocycles. The summed E-state index contributed by atoms with van der Waals surface area (Å²) in [6.07, 6.45) is 8.87. The zero-order chi connectivity index (χ0) is 27.5. The van der Waals surface area contributed by atoms with Crippen LogP contribution in [-0.4, -0.2) is 72.5 Å². The van der Waals surface area contributed by atoms with Gasteiger partial charge in [0.05, 0.1) is 5.56 Å². The summed E-state index contributed by atoms with van der Waals surface area (Å²) >= 11 is 0. The number of rotatable bonds is 7. The number of likely N-dealkylation sites (N-methyl/N-ethyl adjacent to an activating group) is 1. The Labute approximate surface area is 226 Å². The SMILES string of the molecule is CC(C)(C)OC(N)=O.CN1CCN(c2ccc(Nc3ncc(C=N)c(NCC4CCCCC4)n3)cc2)CC1. The minimum Gasteiger partial charge on any atom is -0.444 e. The van der Waals surface area contributed by atoms with Crippen LogP contribution in [0.25, 0.3) is 0 Å². The van der Waals surface area contributed by atoms with Crippen LogP contribution in [-0.2, 0) is 4.74 Å². The third kappa shape index (κ3) is 9.81. The van der Waals surface area contributed by atoms with E-state index in [-0.39, 0.29) is 0 Å². The topological polar surface area (TPSA) is 132 Å². The molecule has 0 unspecified atom stereocenters. The Morgan fingerprint density at radius 2 is 1.79 bits per heavy atom. The van der Waals surface area contributed by atoms with Crippen LogP contribution in [0.3, 0.4) is 0 Å². The van der Waals surface area contributed by atoms with Gasteiger partial charge in [-0.25, -0.2) is 9.78 Å². The first kappa shape index (κ1) is 29.2. The summed E-state index contributed by atoms with van der Waals surface area (Å²) in [5.41, 5.74) is 7.21. The van der Waals surface area contributed by atoms with Crippen LogP contribution in [0, 0.1) is 11.3 Å². The zero-order valence-corrected chi connectivity index (χ0v) is 23.3. The molecule has 1 aliphatic heterocycles. The van der Waals surface area contributed by atoms with Gasteiger partial charge in [-0.15, -0.1) is 0 Å². The predicted molar refractivity (Wildman–Crippen MR) is 155 cm³/mol. The van der Waals surface area contributed by atoms with Gasteiger partial charge in [-0.1, -0.05) is 19.3 Å². The van der Waals surface area contributed by atoms with Crippen molar-refractivity contribution in [2.75, 3.05) is 55.3 Å². The second-order valence-corrected chi connectivity index (χ2v) is 11.0. The van der Waals surface area contributed by atoms with Gasteiger partial charge in [0, 0.05) is 56.5 Å². The average molecular weight is 525 g/mol. The number of nitrogens with zero attached hydrogens (tertiary/aromatic N) is 4. The van der Waals surface area contributed by atoms with E-state index in [4.69, 9.17) is 11.1 Å². The maximum absolute atomic E-state index is 10.0. The standard InChI is InChI=1S/C23H33N7.C5H11NO2/c1-29-11-13-30(14-12-29)21-9-7-20(8-10-21)27-23-26-17-19(15-24)22(28-23)25-16-18-5-3-2-4-6-18;1-5(2,3)8-4(6)7/h7-10,15,17-18,24H,2-6,11-14,16H2,1H3,(H2,25,26,27,28);1-3H3,(H2,6,7). The number of amides is 1. The van der Waals surface area contributed by atoms with Gasteiger partial charge in [0.25, 0.3) is 0 Å². The average Bonchev–Trinajstić information content (AvgIpc) is 2.88. The summed E-state index contributed by atoms with van der Waals surface area (Å²) in [5.74, 6) is 1.99. The molecule has 1 saturated heterocycles. The van der Waals surface area contributed by atoms with Gasteiger partial charge in [0.2, 0.25) is 5.95 Å². The Hall–Kier alpha value is -3.40. The largest absolute Gasteiger partial charge is 0.444 e. The molecular weight excluding hydrogens is 480 g/mol. The van der Waals surface area contributed by atoms with E-state index in [2.05, 4.69) is 66.5 Å². The summed E-state index contributed by atoms with van der Waals surface area (Å²) in [5, 5.41) is 14.4. The molecule has 1 aromatic heterocycles. The number of hydrogen-bond acceptors (Lipinski definition) is 9. The molecule has 10 heteroatoms. The van der Waals surface area contributed by atoms with Crippen LogP contribution < -0.4 is 21.3 Å². The fourth-order valence-electron chi connectivity index (χ4n) is 4.58. The summed E-state index contributed by atoms with van der Waals surface area (Å²) in [4.78, 5) is 23.8. The fourth-order valence-corrected chi connectivity index (χ4v) is 4.58. The molecule has 2 aliphatic rings. The van der Waals surface area contributed by atoms with Gasteiger partial charge >= 0.3 is 6.09 Å². The molecule has 2 aromatic rings. The van der Waals surface area contributed by atoms with Crippen molar-refractivity contribution in [3.63, 3.8) is 0 Å². The van der Waals surface area contributed by atoms with Gasteiger partial charge in [0.1, 0.15) is 11.4 Å². The van der Waals surface area contributed by atoms with Crippen molar-refractivity contribution in [3.05, 3.63) is 36.0 Å². The molecule has 5 N–H and O–H groups in total. The number of ether oxygens (including phenoxy) is 1. The number of carbonyl (C=O) groups is 1. The first-order valence-electron chi connectivity index (χ1n) is 13.5. The van der Waals surface area contributed by atoms with Crippen molar-refractivity contribution in [1.82, 2.24) is 14.9 Å². The van der Waals surface area contributed by atoms with E-state index in [1.807, 2.05) is 0 Å². The highest BCUT2D eigenvalue weighted by Gasteiger charge is 2.16. The van der Waals surface area contributed by atoms with E-state index in [0.29, 0.717) is 11.9 Å². The molecule has 1 aliphatic carbocycles. The smallest absolute Gasteiger partial charge is 0.405 e. The number of anilines is 4. The van der Waals surface area contributed by atoms with E-state index < -0.39 is 11.7 Å². The lowest BCUT2D eigenvalue weighted by atomic mass is 9.89.